The Morgan fingerprint density at radius 3 is 2.70 bits per heavy atom. The van der Waals surface area contributed by atoms with Crippen LogP contribution in [0.5, 0.6) is 0 Å². The van der Waals surface area contributed by atoms with Crippen molar-refractivity contribution in [1.82, 2.24) is 10.3 Å². The van der Waals surface area contributed by atoms with Crippen molar-refractivity contribution < 1.29 is 9.21 Å². The summed E-state index contributed by atoms with van der Waals surface area (Å²) in [4.78, 5) is 19.3. The van der Waals surface area contributed by atoms with Gasteiger partial charge in [0.2, 0.25) is 0 Å². The van der Waals surface area contributed by atoms with Crippen LogP contribution in [0.2, 0.25) is 0 Å². The molecule has 1 fully saturated rings. The molecular formula is C21H22N4O2. The number of carbonyl (C=O) groups excluding carboxylic acids is 1. The summed E-state index contributed by atoms with van der Waals surface area (Å²) in [7, 11) is 0. The molecule has 0 aliphatic carbocycles. The van der Waals surface area contributed by atoms with Crippen LogP contribution in [-0.2, 0) is 6.42 Å². The molecule has 0 unspecified atom stereocenters. The molecule has 1 aliphatic rings. The zero-order chi connectivity index (χ0) is 18.6. The Bertz CT molecular complexity index is 914. The lowest BCUT2D eigenvalue weighted by Gasteiger charge is -2.29. The summed E-state index contributed by atoms with van der Waals surface area (Å²) in [6.45, 7) is 3.83. The monoisotopic (exact) mass is 362 g/mol. The first kappa shape index (κ1) is 17.3. The molecule has 0 amide bonds. The van der Waals surface area contributed by atoms with Crippen molar-refractivity contribution in [2.24, 2.45) is 0 Å². The second-order valence-electron chi connectivity index (χ2n) is 6.66. The number of anilines is 2. The zero-order valence-electron chi connectivity index (χ0n) is 15.0. The molecule has 2 aromatic heterocycles. The van der Waals surface area contributed by atoms with Gasteiger partial charge in [-0.05, 0) is 41.5 Å². The lowest BCUT2D eigenvalue weighted by molar-refractivity contribution is 0.0988. The van der Waals surface area contributed by atoms with Gasteiger partial charge in [-0.3, -0.25) is 9.78 Å². The highest BCUT2D eigenvalue weighted by atomic mass is 16.3. The van der Waals surface area contributed by atoms with Gasteiger partial charge in [0.15, 0.2) is 5.78 Å². The molecule has 6 nitrogen and oxygen atoms in total. The van der Waals surface area contributed by atoms with Gasteiger partial charge in [0, 0.05) is 43.9 Å². The molecule has 3 aromatic rings. The average Bonchev–Trinajstić information content (AvgIpc) is 3.25. The summed E-state index contributed by atoms with van der Waals surface area (Å²) < 4.78 is 5.13. The van der Waals surface area contributed by atoms with E-state index in [1.807, 2.05) is 30.3 Å². The van der Waals surface area contributed by atoms with E-state index in [1.54, 1.807) is 24.8 Å². The average molecular weight is 362 g/mol. The number of benzene rings is 1. The number of hydrogen-bond donors (Lipinski definition) is 2. The van der Waals surface area contributed by atoms with E-state index in [9.17, 15) is 4.79 Å². The first-order valence-corrected chi connectivity index (χ1v) is 9.06. The minimum atomic E-state index is -0.0436. The molecule has 0 saturated carbocycles. The van der Waals surface area contributed by atoms with Crippen molar-refractivity contribution >= 4 is 17.2 Å². The summed E-state index contributed by atoms with van der Waals surface area (Å²) >= 11 is 0. The Morgan fingerprint density at radius 1 is 1.15 bits per heavy atom. The van der Waals surface area contributed by atoms with Crippen LogP contribution in [0.25, 0.3) is 11.1 Å². The van der Waals surface area contributed by atoms with Gasteiger partial charge < -0.3 is 20.4 Å². The van der Waals surface area contributed by atoms with Gasteiger partial charge in [-0.1, -0.05) is 6.07 Å². The van der Waals surface area contributed by atoms with E-state index in [1.165, 1.54) is 0 Å². The van der Waals surface area contributed by atoms with Gasteiger partial charge in [0.05, 0.1) is 24.4 Å². The van der Waals surface area contributed by atoms with Crippen LogP contribution >= 0.6 is 0 Å². The molecule has 1 aromatic carbocycles. The SMILES string of the molecule is Nc1ccc(-c2ccoc2)cc1CC(=O)c1ccc(N2CCNCC2)cn1. The number of piperazine rings is 1. The van der Waals surface area contributed by atoms with Gasteiger partial charge in [-0.25, -0.2) is 0 Å². The number of nitrogens with zero attached hydrogens (tertiary/aromatic N) is 2. The zero-order valence-corrected chi connectivity index (χ0v) is 15.0. The molecule has 0 atom stereocenters. The van der Waals surface area contributed by atoms with Crippen LogP contribution in [0, 0.1) is 0 Å². The van der Waals surface area contributed by atoms with Crippen LogP contribution < -0.4 is 16.0 Å². The summed E-state index contributed by atoms with van der Waals surface area (Å²) in [6, 6.07) is 11.3. The number of aromatic nitrogens is 1. The maximum atomic E-state index is 12.7. The van der Waals surface area contributed by atoms with Gasteiger partial charge >= 0.3 is 0 Å². The molecule has 138 valence electrons. The Labute approximate surface area is 158 Å². The predicted octanol–water partition coefficient (Wildman–Crippen LogP) is 2.76. The van der Waals surface area contributed by atoms with E-state index in [-0.39, 0.29) is 12.2 Å². The molecule has 0 radical (unpaired) electrons. The maximum Gasteiger partial charge on any atom is 0.185 e. The lowest BCUT2D eigenvalue weighted by Crippen LogP contribution is -2.43. The van der Waals surface area contributed by atoms with Gasteiger partial charge in [-0.15, -0.1) is 0 Å². The van der Waals surface area contributed by atoms with E-state index < -0.39 is 0 Å². The topological polar surface area (TPSA) is 84.4 Å². The van der Waals surface area contributed by atoms with Crippen LogP contribution in [-0.4, -0.2) is 36.9 Å². The minimum absolute atomic E-state index is 0.0436. The fourth-order valence-corrected chi connectivity index (χ4v) is 3.29. The van der Waals surface area contributed by atoms with Crippen molar-refractivity contribution in [3.05, 3.63) is 66.4 Å². The van der Waals surface area contributed by atoms with E-state index in [0.717, 1.165) is 48.6 Å². The predicted molar refractivity (Wildman–Crippen MR) is 106 cm³/mol. The first-order valence-electron chi connectivity index (χ1n) is 9.06. The molecular weight excluding hydrogens is 340 g/mol. The summed E-state index contributed by atoms with van der Waals surface area (Å²) in [5, 5.41) is 3.33. The summed E-state index contributed by atoms with van der Waals surface area (Å²) in [5.41, 5.74) is 10.9. The third-order valence-electron chi connectivity index (χ3n) is 4.86. The molecule has 0 bridgehead atoms. The fourth-order valence-electron chi connectivity index (χ4n) is 3.29. The number of nitrogen functional groups attached to an aromatic ring is 1. The maximum absolute atomic E-state index is 12.7. The number of furan rings is 1. The van der Waals surface area contributed by atoms with Crippen molar-refractivity contribution in [3.63, 3.8) is 0 Å². The molecule has 3 heterocycles. The van der Waals surface area contributed by atoms with Gasteiger partial charge in [0.25, 0.3) is 0 Å². The number of Topliss-reactive ketones (excluding diaryl/α,β-unsaturated/α-hetero) is 1. The molecule has 1 saturated heterocycles. The Kier molecular flexibility index (Phi) is 4.89. The van der Waals surface area contributed by atoms with Crippen molar-refractivity contribution in [1.29, 1.82) is 0 Å². The quantitative estimate of drug-likeness (QED) is 0.536. The Hall–Kier alpha value is -3.12. The van der Waals surface area contributed by atoms with E-state index in [4.69, 9.17) is 10.2 Å². The van der Waals surface area contributed by atoms with E-state index in [0.29, 0.717) is 11.4 Å². The third kappa shape index (κ3) is 3.85. The largest absolute Gasteiger partial charge is 0.472 e. The van der Waals surface area contributed by atoms with Gasteiger partial charge in [-0.2, -0.15) is 0 Å². The number of ketones is 1. The molecule has 27 heavy (non-hydrogen) atoms. The number of nitrogens with two attached hydrogens (primary N) is 1. The normalized spacial score (nSPS) is 14.3. The van der Waals surface area contributed by atoms with Crippen LogP contribution in [0.1, 0.15) is 16.1 Å². The van der Waals surface area contributed by atoms with Crippen molar-refractivity contribution in [2.75, 3.05) is 36.8 Å². The Balaban J connectivity index is 1.49. The number of pyridine rings is 1. The molecule has 1 aliphatic heterocycles. The summed E-state index contributed by atoms with van der Waals surface area (Å²) in [5.74, 6) is -0.0436. The highest BCUT2D eigenvalue weighted by molar-refractivity contribution is 5.96. The molecule has 6 heteroatoms. The smallest absolute Gasteiger partial charge is 0.185 e. The third-order valence-corrected chi connectivity index (χ3v) is 4.86. The van der Waals surface area contributed by atoms with Crippen molar-refractivity contribution in [2.45, 2.75) is 6.42 Å². The second kappa shape index (κ2) is 7.63. The number of carbonyl (C=O) groups is 1. The number of hydrogen-bond acceptors (Lipinski definition) is 6. The highest BCUT2D eigenvalue weighted by Gasteiger charge is 2.14. The number of rotatable bonds is 5. The highest BCUT2D eigenvalue weighted by Crippen LogP contribution is 2.25. The van der Waals surface area contributed by atoms with Crippen LogP contribution in [0.4, 0.5) is 11.4 Å². The van der Waals surface area contributed by atoms with Crippen LogP contribution in [0.15, 0.2) is 59.5 Å². The number of nitrogens with one attached hydrogen (secondary N) is 1. The molecule has 4 rings (SSSR count). The van der Waals surface area contributed by atoms with Gasteiger partial charge in [0.1, 0.15) is 5.69 Å². The lowest BCUT2D eigenvalue weighted by atomic mass is 9.99. The second-order valence-corrected chi connectivity index (χ2v) is 6.66. The minimum Gasteiger partial charge on any atom is -0.472 e. The van der Waals surface area contributed by atoms with Crippen LogP contribution in [0.3, 0.4) is 0 Å². The van der Waals surface area contributed by atoms with E-state index in [2.05, 4.69) is 15.2 Å². The summed E-state index contributed by atoms with van der Waals surface area (Å²) in [6.07, 6.45) is 5.30. The first-order chi connectivity index (χ1) is 13.2. The fraction of sp³-hybridized carbons (Fsp3) is 0.238. The van der Waals surface area contributed by atoms with Crippen molar-refractivity contribution in [3.8, 4) is 11.1 Å². The standard InChI is InChI=1S/C21H22N4O2/c22-19-3-1-15(16-5-10-27-14-16)11-17(19)12-21(26)20-4-2-18(13-24-20)25-8-6-23-7-9-25/h1-5,10-11,13-14,23H,6-9,12,22H2. The van der Waals surface area contributed by atoms with E-state index >= 15 is 0 Å². The molecule has 0 spiro atoms. The Morgan fingerprint density at radius 2 is 2.00 bits per heavy atom. The molecule has 3 N–H and O–H groups in total.